The molecule has 110 valence electrons. The third kappa shape index (κ3) is 2.52. The largest absolute Gasteiger partial charge is 0.430 e. The summed E-state index contributed by atoms with van der Waals surface area (Å²) in [5, 5.41) is 0. The monoisotopic (exact) mass is 289 g/mol. The molecule has 0 saturated carbocycles. The van der Waals surface area contributed by atoms with Gasteiger partial charge in [0.15, 0.2) is 0 Å². The molecule has 1 saturated heterocycles. The van der Waals surface area contributed by atoms with Gasteiger partial charge in [-0.1, -0.05) is 50.0 Å². The lowest BCUT2D eigenvalue weighted by atomic mass is 9.45. The van der Waals surface area contributed by atoms with Crippen molar-refractivity contribution in [2.45, 2.75) is 20.5 Å². The van der Waals surface area contributed by atoms with E-state index in [1.807, 2.05) is 0 Å². The molecule has 2 aromatic rings. The highest BCUT2D eigenvalue weighted by Gasteiger charge is 2.45. The lowest BCUT2D eigenvalue weighted by Crippen LogP contribution is -2.75. The van der Waals surface area contributed by atoms with Crippen molar-refractivity contribution in [3.8, 4) is 0 Å². The summed E-state index contributed by atoms with van der Waals surface area (Å²) < 4.78 is 7.38. The highest BCUT2D eigenvalue weighted by molar-refractivity contribution is 6.98. The van der Waals surface area contributed by atoms with Gasteiger partial charge >= 0.3 is 20.9 Å². The first-order valence-corrected chi connectivity index (χ1v) is 8.00. The van der Waals surface area contributed by atoms with Crippen LogP contribution in [-0.2, 0) is 0 Å². The summed E-state index contributed by atoms with van der Waals surface area (Å²) in [6, 6.07) is 21.4. The zero-order chi connectivity index (χ0) is 15.7. The molecular weight excluding hydrogens is 267 g/mol. The zero-order valence-electron chi connectivity index (χ0n) is 13.8. The van der Waals surface area contributed by atoms with E-state index in [2.05, 4.69) is 102 Å². The van der Waals surface area contributed by atoms with Crippen molar-refractivity contribution in [1.29, 1.82) is 0 Å². The molecule has 1 heterocycles. The van der Waals surface area contributed by atoms with Gasteiger partial charge in [0.1, 0.15) is 0 Å². The minimum absolute atomic E-state index is 0.297. The number of hydrogen-bond donors (Lipinski definition) is 0. The van der Waals surface area contributed by atoms with Gasteiger partial charge < -0.3 is 14.2 Å². The molecule has 1 aliphatic rings. The van der Waals surface area contributed by atoms with Gasteiger partial charge in [0, 0.05) is 11.4 Å². The molecule has 3 rings (SSSR count). The first kappa shape index (κ1) is 15.1. The summed E-state index contributed by atoms with van der Waals surface area (Å²) in [7, 11) is 2.20. The predicted octanol–water partition coefficient (Wildman–Crippen LogP) is 3.30. The molecule has 0 atom stereocenters. The summed E-state index contributed by atoms with van der Waals surface area (Å²) in [5.74, 6) is 0. The van der Waals surface area contributed by atoms with Crippen LogP contribution in [0, 0.1) is 0 Å². The van der Waals surface area contributed by atoms with Crippen LogP contribution in [0.15, 0.2) is 60.7 Å². The average molecular weight is 289 g/mol. The summed E-state index contributed by atoms with van der Waals surface area (Å²) in [6.07, 6.45) is 0. The van der Waals surface area contributed by atoms with Crippen molar-refractivity contribution in [3.05, 3.63) is 60.7 Å². The number of nitrogens with zero attached hydrogens (tertiary/aromatic N) is 3. The van der Waals surface area contributed by atoms with E-state index < -0.39 is 0 Å². The smallest absolute Gasteiger partial charge is 0.348 e. The molecule has 0 radical (unpaired) electrons. The van der Waals surface area contributed by atoms with Crippen LogP contribution in [0.25, 0.3) is 0 Å². The molecule has 22 heavy (non-hydrogen) atoms. The SMILES string of the molecule is CB1N(C)B(C)N(c2ccccc2)B(C)N1c1ccccc1. The zero-order valence-corrected chi connectivity index (χ0v) is 13.8. The second-order valence-electron chi connectivity index (χ2n) is 6.05. The van der Waals surface area contributed by atoms with Crippen molar-refractivity contribution in [2.24, 2.45) is 0 Å². The fourth-order valence-corrected chi connectivity index (χ4v) is 3.53. The van der Waals surface area contributed by atoms with E-state index >= 15 is 0 Å². The van der Waals surface area contributed by atoms with Gasteiger partial charge in [-0.15, -0.1) is 0 Å². The molecule has 0 unspecified atom stereocenters. The van der Waals surface area contributed by atoms with Crippen LogP contribution in [0.1, 0.15) is 0 Å². The Hall–Kier alpha value is -1.81. The van der Waals surface area contributed by atoms with E-state index in [1.165, 1.54) is 11.4 Å². The van der Waals surface area contributed by atoms with Gasteiger partial charge in [0.2, 0.25) is 0 Å². The van der Waals surface area contributed by atoms with Crippen molar-refractivity contribution < 1.29 is 0 Å². The number of hydrogen-bond acceptors (Lipinski definition) is 3. The van der Waals surface area contributed by atoms with Gasteiger partial charge in [-0.3, -0.25) is 0 Å². The van der Waals surface area contributed by atoms with E-state index in [4.69, 9.17) is 0 Å². The Kier molecular flexibility index (Phi) is 4.21. The minimum Gasteiger partial charge on any atom is -0.430 e. The van der Waals surface area contributed by atoms with Crippen LogP contribution >= 0.6 is 0 Å². The first-order chi connectivity index (χ1) is 10.6. The normalized spacial score (nSPS) is 16.5. The summed E-state index contributed by atoms with van der Waals surface area (Å²) >= 11 is 0. The van der Waals surface area contributed by atoms with Crippen molar-refractivity contribution in [1.82, 2.24) is 4.72 Å². The van der Waals surface area contributed by atoms with Crippen molar-refractivity contribution >= 4 is 32.3 Å². The van der Waals surface area contributed by atoms with Gasteiger partial charge in [0.05, 0.1) is 0 Å². The highest BCUT2D eigenvalue weighted by Crippen LogP contribution is 2.28. The van der Waals surface area contributed by atoms with E-state index in [0.29, 0.717) is 20.9 Å². The molecular formula is C16H22B3N3. The highest BCUT2D eigenvalue weighted by atomic mass is 15.3. The van der Waals surface area contributed by atoms with E-state index in [-0.39, 0.29) is 0 Å². The van der Waals surface area contributed by atoms with Crippen LogP contribution in [-0.4, -0.2) is 32.7 Å². The molecule has 3 nitrogen and oxygen atoms in total. The Balaban J connectivity index is 2.01. The molecule has 1 aliphatic heterocycles. The van der Waals surface area contributed by atoms with Crippen LogP contribution in [0.4, 0.5) is 11.4 Å². The molecule has 6 heteroatoms. The van der Waals surface area contributed by atoms with Crippen LogP contribution in [0.5, 0.6) is 0 Å². The topological polar surface area (TPSA) is 9.72 Å². The number of rotatable bonds is 2. The molecule has 0 aliphatic carbocycles. The minimum atomic E-state index is 0.297. The molecule has 0 amide bonds. The standard InChI is InChI=1S/C16H22B3N3/c1-17-20(4)18(2)22(16-13-9-6-10-14-16)19(3)21(17)15-11-7-5-8-12-15/h5-14H,1-4H3. The van der Waals surface area contributed by atoms with Gasteiger partial charge in [-0.2, -0.15) is 0 Å². The summed E-state index contributed by atoms with van der Waals surface area (Å²) in [5.41, 5.74) is 2.53. The quantitative estimate of drug-likeness (QED) is 0.785. The Labute approximate surface area is 135 Å². The van der Waals surface area contributed by atoms with Crippen molar-refractivity contribution in [3.63, 3.8) is 0 Å². The Morgan fingerprint density at radius 1 is 0.591 bits per heavy atom. The maximum atomic E-state index is 2.48. The molecule has 0 aromatic heterocycles. The third-order valence-electron chi connectivity index (χ3n) is 4.90. The lowest BCUT2D eigenvalue weighted by Gasteiger charge is -2.52. The fourth-order valence-electron chi connectivity index (χ4n) is 3.53. The maximum absolute atomic E-state index is 2.48. The van der Waals surface area contributed by atoms with E-state index in [0.717, 1.165) is 0 Å². The molecule has 0 N–H and O–H groups in total. The molecule has 2 aromatic carbocycles. The first-order valence-electron chi connectivity index (χ1n) is 8.00. The van der Waals surface area contributed by atoms with Gasteiger partial charge in [-0.25, -0.2) is 0 Å². The van der Waals surface area contributed by atoms with E-state index in [1.54, 1.807) is 0 Å². The Morgan fingerprint density at radius 2 is 0.955 bits per heavy atom. The van der Waals surface area contributed by atoms with Gasteiger partial charge in [0.25, 0.3) is 0 Å². The lowest BCUT2D eigenvalue weighted by molar-refractivity contribution is 0.782. The molecule has 0 bridgehead atoms. The second kappa shape index (κ2) is 6.13. The average Bonchev–Trinajstić information content (AvgIpc) is 2.55. The second-order valence-corrected chi connectivity index (χ2v) is 6.05. The predicted molar refractivity (Wildman–Crippen MR) is 100 cm³/mol. The number of benzene rings is 2. The fraction of sp³-hybridized carbons (Fsp3) is 0.250. The number of anilines is 2. The molecule has 0 spiro atoms. The van der Waals surface area contributed by atoms with Crippen LogP contribution in [0.2, 0.25) is 20.5 Å². The summed E-state index contributed by atoms with van der Waals surface area (Å²) in [4.78, 5) is 0. The van der Waals surface area contributed by atoms with Gasteiger partial charge in [-0.05, 0) is 38.1 Å². The maximum Gasteiger partial charge on any atom is 0.348 e. The Morgan fingerprint density at radius 3 is 1.32 bits per heavy atom. The third-order valence-corrected chi connectivity index (χ3v) is 4.90. The number of para-hydroxylation sites is 2. The molecule has 1 fully saturated rings. The van der Waals surface area contributed by atoms with Crippen LogP contribution in [0.3, 0.4) is 0 Å². The van der Waals surface area contributed by atoms with Crippen molar-refractivity contribution in [2.75, 3.05) is 16.5 Å². The summed E-state index contributed by atoms with van der Waals surface area (Å²) in [6.45, 7) is 7.86. The Bertz CT molecular complexity index is 557. The van der Waals surface area contributed by atoms with E-state index in [9.17, 15) is 0 Å². The van der Waals surface area contributed by atoms with Crippen LogP contribution < -0.4 is 9.44 Å².